The summed E-state index contributed by atoms with van der Waals surface area (Å²) in [4.78, 5) is 14.5. The molecule has 76 valence electrons. The number of aldehydes is 1. The van der Waals surface area contributed by atoms with Crippen LogP contribution in [0.4, 0.5) is 0 Å². The normalized spacial score (nSPS) is 27.5. The van der Waals surface area contributed by atoms with Crippen LogP contribution in [0.25, 0.3) is 0 Å². The van der Waals surface area contributed by atoms with E-state index in [0.29, 0.717) is 12.1 Å². The fourth-order valence-electron chi connectivity index (χ4n) is 1.68. The molecule has 1 aliphatic heterocycles. The molecule has 1 fully saturated rings. The van der Waals surface area contributed by atoms with E-state index >= 15 is 0 Å². The summed E-state index contributed by atoms with van der Waals surface area (Å²) in [6.07, 6.45) is 3.75. The zero-order chi connectivity index (χ0) is 10.0. The van der Waals surface area contributed by atoms with E-state index in [9.17, 15) is 4.79 Å². The lowest BCUT2D eigenvalue weighted by Gasteiger charge is -2.31. The Morgan fingerprint density at radius 2 is 2.43 bits per heavy atom. The molecule has 0 bridgehead atoms. The van der Waals surface area contributed by atoms with Crippen molar-refractivity contribution in [2.45, 2.75) is 31.8 Å². The predicted molar refractivity (Wildman–Crippen MR) is 48.9 cm³/mol. The topological polar surface area (TPSA) is 67.9 Å². The average Bonchev–Trinajstić information content (AvgIpc) is 2.67. The zero-order valence-corrected chi connectivity index (χ0v) is 8.12. The first-order valence-corrected chi connectivity index (χ1v) is 4.77. The van der Waals surface area contributed by atoms with Gasteiger partial charge in [0.2, 0.25) is 5.82 Å². The van der Waals surface area contributed by atoms with Crippen LogP contribution in [-0.4, -0.2) is 28.1 Å². The van der Waals surface area contributed by atoms with Gasteiger partial charge in [-0.15, -0.1) is 0 Å². The maximum atomic E-state index is 10.4. The van der Waals surface area contributed by atoms with Crippen LogP contribution in [0, 0.1) is 0 Å². The second-order valence-electron chi connectivity index (χ2n) is 3.70. The van der Waals surface area contributed by atoms with Crippen LogP contribution in [0.15, 0.2) is 0 Å². The van der Waals surface area contributed by atoms with Crippen LogP contribution in [0.5, 0.6) is 0 Å². The number of aromatic nitrogens is 3. The first kappa shape index (κ1) is 9.33. The Hall–Kier alpha value is -1.23. The summed E-state index contributed by atoms with van der Waals surface area (Å²) in [5.74, 6) is 0.842. The van der Waals surface area contributed by atoms with E-state index in [1.807, 2.05) is 6.92 Å². The van der Waals surface area contributed by atoms with E-state index in [4.69, 9.17) is 4.74 Å². The number of H-pyrrole nitrogens is 1. The van der Waals surface area contributed by atoms with Gasteiger partial charge in [-0.05, 0) is 26.2 Å². The first-order chi connectivity index (χ1) is 6.74. The van der Waals surface area contributed by atoms with Gasteiger partial charge >= 0.3 is 0 Å². The van der Waals surface area contributed by atoms with Crippen molar-refractivity contribution in [2.24, 2.45) is 0 Å². The highest BCUT2D eigenvalue weighted by molar-refractivity contribution is 5.68. The Labute approximate surface area is 81.9 Å². The number of aromatic amines is 1. The molecule has 1 aliphatic rings. The van der Waals surface area contributed by atoms with Crippen LogP contribution >= 0.6 is 0 Å². The predicted octanol–water partition coefficient (Wildman–Crippen LogP) is 1.03. The Bertz CT molecular complexity index is 329. The quantitative estimate of drug-likeness (QED) is 0.716. The largest absolute Gasteiger partial charge is 0.367 e. The van der Waals surface area contributed by atoms with Gasteiger partial charge in [-0.1, -0.05) is 0 Å². The summed E-state index contributed by atoms with van der Waals surface area (Å²) < 4.78 is 5.66. The highest BCUT2D eigenvalue weighted by Gasteiger charge is 2.33. The summed E-state index contributed by atoms with van der Waals surface area (Å²) in [6.45, 7) is 2.72. The van der Waals surface area contributed by atoms with Crippen molar-refractivity contribution in [1.29, 1.82) is 0 Å². The number of rotatable bonds is 2. The third kappa shape index (κ3) is 1.55. The highest BCUT2D eigenvalue weighted by atomic mass is 16.5. The Balaban J connectivity index is 2.23. The number of hydrogen-bond donors (Lipinski definition) is 1. The summed E-state index contributed by atoms with van der Waals surface area (Å²) in [7, 11) is 0. The number of nitrogens with zero attached hydrogens (tertiary/aromatic N) is 2. The third-order valence-corrected chi connectivity index (χ3v) is 2.58. The van der Waals surface area contributed by atoms with Gasteiger partial charge in [-0.2, -0.15) is 5.10 Å². The summed E-state index contributed by atoms with van der Waals surface area (Å²) in [6, 6.07) is 0. The smallest absolute Gasteiger partial charge is 0.214 e. The molecular weight excluding hydrogens is 182 g/mol. The molecule has 1 aromatic rings. The molecule has 0 aliphatic carbocycles. The fraction of sp³-hybridized carbons (Fsp3) is 0.667. The maximum absolute atomic E-state index is 10.4. The second kappa shape index (κ2) is 3.49. The van der Waals surface area contributed by atoms with Gasteiger partial charge in [-0.3, -0.25) is 9.89 Å². The van der Waals surface area contributed by atoms with Crippen molar-refractivity contribution in [1.82, 2.24) is 15.2 Å². The van der Waals surface area contributed by atoms with Crippen LogP contribution < -0.4 is 0 Å². The van der Waals surface area contributed by atoms with Crippen LogP contribution in [-0.2, 0) is 10.3 Å². The molecule has 1 aromatic heterocycles. The Morgan fingerprint density at radius 3 is 3.00 bits per heavy atom. The molecule has 14 heavy (non-hydrogen) atoms. The van der Waals surface area contributed by atoms with Crippen LogP contribution in [0.1, 0.15) is 42.6 Å². The van der Waals surface area contributed by atoms with E-state index in [0.717, 1.165) is 25.9 Å². The number of nitrogens with one attached hydrogen (secondary N) is 1. The number of hydrogen-bond acceptors (Lipinski definition) is 4. The van der Waals surface area contributed by atoms with Gasteiger partial charge in [0, 0.05) is 6.61 Å². The lowest BCUT2D eigenvalue weighted by molar-refractivity contribution is -0.0758. The van der Waals surface area contributed by atoms with E-state index < -0.39 is 5.60 Å². The minimum Gasteiger partial charge on any atom is -0.367 e. The summed E-state index contributed by atoms with van der Waals surface area (Å²) >= 11 is 0. The molecule has 1 unspecified atom stereocenters. The van der Waals surface area contributed by atoms with E-state index in [1.54, 1.807) is 0 Å². The molecule has 0 amide bonds. The first-order valence-electron chi connectivity index (χ1n) is 4.77. The van der Waals surface area contributed by atoms with Crippen molar-refractivity contribution in [3.8, 4) is 0 Å². The molecule has 5 nitrogen and oxygen atoms in total. The number of ether oxygens (including phenoxy) is 1. The minimum absolute atomic E-state index is 0.190. The van der Waals surface area contributed by atoms with Crippen molar-refractivity contribution >= 4 is 6.29 Å². The fourth-order valence-corrected chi connectivity index (χ4v) is 1.68. The molecule has 2 heterocycles. The minimum atomic E-state index is -0.396. The van der Waals surface area contributed by atoms with E-state index in [2.05, 4.69) is 15.2 Å². The molecule has 5 heteroatoms. The Kier molecular flexibility index (Phi) is 2.33. The van der Waals surface area contributed by atoms with Crippen molar-refractivity contribution < 1.29 is 9.53 Å². The van der Waals surface area contributed by atoms with Crippen molar-refractivity contribution in [3.05, 3.63) is 11.6 Å². The maximum Gasteiger partial charge on any atom is 0.214 e. The molecule has 1 saturated heterocycles. The molecule has 0 saturated carbocycles. The zero-order valence-electron chi connectivity index (χ0n) is 8.12. The lowest BCUT2D eigenvalue weighted by atomic mass is 9.95. The van der Waals surface area contributed by atoms with Gasteiger partial charge in [0.15, 0.2) is 12.1 Å². The standard InChI is InChI=1S/C9H13N3O2/c1-9(4-2-3-5-14-9)8-10-7(6-13)11-12-8/h6H,2-5H2,1H3,(H,10,11,12). The highest BCUT2D eigenvalue weighted by Crippen LogP contribution is 2.32. The van der Waals surface area contributed by atoms with Crippen LogP contribution in [0.3, 0.4) is 0 Å². The summed E-state index contributed by atoms with van der Waals surface area (Å²) in [5.41, 5.74) is -0.396. The van der Waals surface area contributed by atoms with Gasteiger partial charge in [0.25, 0.3) is 0 Å². The molecule has 1 N–H and O–H groups in total. The number of carbonyl (C=O) groups excluding carboxylic acids is 1. The van der Waals surface area contributed by atoms with Gasteiger partial charge in [0.05, 0.1) is 0 Å². The molecule has 1 atom stereocenters. The second-order valence-corrected chi connectivity index (χ2v) is 3.70. The van der Waals surface area contributed by atoms with Gasteiger partial charge < -0.3 is 4.74 Å². The lowest BCUT2D eigenvalue weighted by Crippen LogP contribution is -2.31. The number of carbonyl (C=O) groups is 1. The van der Waals surface area contributed by atoms with Gasteiger partial charge in [0.1, 0.15) is 5.60 Å². The molecular formula is C9H13N3O2. The molecule has 2 rings (SSSR count). The van der Waals surface area contributed by atoms with E-state index in [1.165, 1.54) is 0 Å². The van der Waals surface area contributed by atoms with E-state index in [-0.39, 0.29) is 5.82 Å². The molecule has 0 radical (unpaired) electrons. The molecule has 0 spiro atoms. The third-order valence-electron chi connectivity index (χ3n) is 2.58. The van der Waals surface area contributed by atoms with Crippen LogP contribution in [0.2, 0.25) is 0 Å². The summed E-state index contributed by atoms with van der Waals surface area (Å²) in [5, 5.41) is 6.52. The Morgan fingerprint density at radius 1 is 1.57 bits per heavy atom. The monoisotopic (exact) mass is 195 g/mol. The average molecular weight is 195 g/mol. The SMILES string of the molecule is CC1(c2nc(C=O)n[nH]2)CCCCO1. The molecule has 0 aromatic carbocycles. The van der Waals surface area contributed by atoms with Crippen molar-refractivity contribution in [3.63, 3.8) is 0 Å². The van der Waals surface area contributed by atoms with Gasteiger partial charge in [-0.25, -0.2) is 4.98 Å². The van der Waals surface area contributed by atoms with Crippen molar-refractivity contribution in [2.75, 3.05) is 6.61 Å².